The third-order valence-electron chi connectivity index (χ3n) is 7.44. The molecule has 0 amide bonds. The SMILES string of the molecule is Cc1c(Cc2c(CN3C[C@H](C)C[C@H](C)C3)nc3cnc(N4CCOCC4)cn23)cccc1C(F)(F)F. The molecule has 4 heterocycles. The number of benzene rings is 1. The Balaban J connectivity index is 1.56. The number of morpholine rings is 1. The van der Waals surface area contributed by atoms with E-state index in [0.717, 1.165) is 55.1 Å². The molecule has 0 aliphatic carbocycles. The van der Waals surface area contributed by atoms with Gasteiger partial charge in [0.25, 0.3) is 0 Å². The van der Waals surface area contributed by atoms with Crippen LogP contribution in [0, 0.1) is 18.8 Å². The largest absolute Gasteiger partial charge is 0.416 e. The van der Waals surface area contributed by atoms with Gasteiger partial charge in [0, 0.05) is 39.1 Å². The zero-order valence-electron chi connectivity index (χ0n) is 21.2. The Labute approximate surface area is 210 Å². The molecule has 2 aliphatic rings. The van der Waals surface area contributed by atoms with Crippen molar-refractivity contribution in [3.05, 3.63) is 58.7 Å². The molecule has 2 aliphatic heterocycles. The van der Waals surface area contributed by atoms with Gasteiger partial charge in [-0.2, -0.15) is 13.2 Å². The fourth-order valence-corrected chi connectivity index (χ4v) is 5.81. The van der Waals surface area contributed by atoms with Gasteiger partial charge in [-0.25, -0.2) is 9.97 Å². The molecule has 2 aromatic heterocycles. The molecule has 2 saturated heterocycles. The molecule has 3 aromatic rings. The highest BCUT2D eigenvalue weighted by molar-refractivity contribution is 5.49. The molecule has 0 bridgehead atoms. The number of rotatable bonds is 5. The molecule has 6 nitrogen and oxygen atoms in total. The van der Waals surface area contributed by atoms with Crippen LogP contribution in [-0.2, 0) is 23.9 Å². The predicted molar refractivity (Wildman–Crippen MR) is 133 cm³/mol. The van der Waals surface area contributed by atoms with Crippen molar-refractivity contribution in [2.24, 2.45) is 11.8 Å². The smallest absolute Gasteiger partial charge is 0.378 e. The number of piperidine rings is 1. The average molecular weight is 502 g/mol. The summed E-state index contributed by atoms with van der Waals surface area (Å²) in [4.78, 5) is 14.2. The quantitative estimate of drug-likeness (QED) is 0.495. The lowest BCUT2D eigenvalue weighted by atomic mass is 9.91. The summed E-state index contributed by atoms with van der Waals surface area (Å²) >= 11 is 0. The molecule has 0 N–H and O–H groups in total. The Hall–Kier alpha value is -2.65. The number of anilines is 1. The zero-order chi connectivity index (χ0) is 25.4. The first-order valence-electron chi connectivity index (χ1n) is 12.8. The van der Waals surface area contributed by atoms with Crippen molar-refractivity contribution >= 4 is 11.5 Å². The number of ether oxygens (including phenoxy) is 1. The third kappa shape index (κ3) is 5.22. The van der Waals surface area contributed by atoms with Crippen LogP contribution in [0.1, 0.15) is 48.3 Å². The normalized spacial score (nSPS) is 21.9. The van der Waals surface area contributed by atoms with E-state index in [1.165, 1.54) is 12.5 Å². The summed E-state index contributed by atoms with van der Waals surface area (Å²) in [6.45, 7) is 11.6. The molecule has 0 spiro atoms. The third-order valence-corrected chi connectivity index (χ3v) is 7.44. The summed E-state index contributed by atoms with van der Waals surface area (Å²) in [6.07, 6.45) is 0.966. The Kier molecular flexibility index (Phi) is 6.96. The van der Waals surface area contributed by atoms with Crippen molar-refractivity contribution in [3.8, 4) is 0 Å². The molecule has 2 fully saturated rings. The predicted octanol–water partition coefficient (Wildman–Crippen LogP) is 4.96. The van der Waals surface area contributed by atoms with E-state index in [4.69, 9.17) is 9.72 Å². The van der Waals surface area contributed by atoms with Gasteiger partial charge in [0.05, 0.1) is 42.6 Å². The van der Waals surface area contributed by atoms with Gasteiger partial charge in [0.1, 0.15) is 5.82 Å². The Morgan fingerprint density at radius 3 is 2.50 bits per heavy atom. The van der Waals surface area contributed by atoms with Crippen molar-refractivity contribution < 1.29 is 17.9 Å². The Morgan fingerprint density at radius 2 is 1.81 bits per heavy atom. The second-order valence-corrected chi connectivity index (χ2v) is 10.5. The number of aromatic nitrogens is 3. The van der Waals surface area contributed by atoms with Gasteiger partial charge in [-0.05, 0) is 42.4 Å². The minimum atomic E-state index is -4.38. The molecule has 0 unspecified atom stereocenters. The lowest BCUT2D eigenvalue weighted by Crippen LogP contribution is -2.38. The lowest BCUT2D eigenvalue weighted by Gasteiger charge is -2.34. The maximum Gasteiger partial charge on any atom is 0.416 e. The van der Waals surface area contributed by atoms with Crippen LogP contribution >= 0.6 is 0 Å². The highest BCUT2D eigenvalue weighted by atomic mass is 19.4. The zero-order valence-corrected chi connectivity index (χ0v) is 21.2. The van der Waals surface area contributed by atoms with Crippen LogP contribution in [0.4, 0.5) is 19.0 Å². The van der Waals surface area contributed by atoms with Crippen LogP contribution in [0.25, 0.3) is 5.65 Å². The van der Waals surface area contributed by atoms with Crippen LogP contribution in [0.2, 0.25) is 0 Å². The number of halogens is 3. The maximum atomic E-state index is 13.6. The van der Waals surface area contributed by atoms with Gasteiger partial charge in [0.2, 0.25) is 0 Å². The molecule has 0 saturated carbocycles. The summed E-state index contributed by atoms with van der Waals surface area (Å²) < 4.78 is 48.4. The van der Waals surface area contributed by atoms with Gasteiger partial charge in [-0.3, -0.25) is 9.30 Å². The average Bonchev–Trinajstić information content (AvgIpc) is 3.15. The highest BCUT2D eigenvalue weighted by Crippen LogP contribution is 2.34. The van der Waals surface area contributed by atoms with E-state index in [-0.39, 0.29) is 5.56 Å². The van der Waals surface area contributed by atoms with Gasteiger partial charge in [0.15, 0.2) is 5.65 Å². The van der Waals surface area contributed by atoms with E-state index in [2.05, 4.69) is 28.6 Å². The number of imidazole rings is 1. The van der Waals surface area contributed by atoms with Crippen LogP contribution in [0.15, 0.2) is 30.6 Å². The first-order valence-corrected chi connectivity index (χ1v) is 12.8. The number of nitrogens with zero attached hydrogens (tertiary/aromatic N) is 5. The molecule has 1 aromatic carbocycles. The molecule has 36 heavy (non-hydrogen) atoms. The van der Waals surface area contributed by atoms with Crippen molar-refractivity contribution in [1.82, 2.24) is 19.3 Å². The van der Waals surface area contributed by atoms with Crippen LogP contribution in [0.5, 0.6) is 0 Å². The van der Waals surface area contributed by atoms with Crippen molar-refractivity contribution in [2.75, 3.05) is 44.3 Å². The van der Waals surface area contributed by atoms with E-state index in [1.807, 2.05) is 10.6 Å². The maximum absolute atomic E-state index is 13.6. The second-order valence-electron chi connectivity index (χ2n) is 10.5. The lowest BCUT2D eigenvalue weighted by molar-refractivity contribution is -0.138. The molecule has 9 heteroatoms. The molecule has 5 rings (SSSR count). The first kappa shape index (κ1) is 25.0. The van der Waals surface area contributed by atoms with E-state index in [1.54, 1.807) is 19.2 Å². The summed E-state index contributed by atoms with van der Waals surface area (Å²) in [7, 11) is 0. The van der Waals surface area contributed by atoms with E-state index in [0.29, 0.717) is 43.6 Å². The highest BCUT2D eigenvalue weighted by Gasteiger charge is 2.33. The Bertz CT molecular complexity index is 1210. The van der Waals surface area contributed by atoms with Gasteiger partial charge < -0.3 is 9.64 Å². The summed E-state index contributed by atoms with van der Waals surface area (Å²) in [5.41, 5.74) is 2.92. The van der Waals surface area contributed by atoms with Crippen LogP contribution in [0.3, 0.4) is 0 Å². The fraction of sp³-hybridized carbons (Fsp3) is 0.556. The van der Waals surface area contributed by atoms with Crippen molar-refractivity contribution in [1.29, 1.82) is 0 Å². The van der Waals surface area contributed by atoms with Crippen molar-refractivity contribution in [3.63, 3.8) is 0 Å². The molecule has 2 atom stereocenters. The minimum absolute atomic E-state index is 0.272. The molecule has 194 valence electrons. The Morgan fingerprint density at radius 1 is 1.08 bits per heavy atom. The number of likely N-dealkylation sites (tertiary alicyclic amines) is 1. The number of hydrogen-bond acceptors (Lipinski definition) is 5. The van der Waals surface area contributed by atoms with Gasteiger partial charge >= 0.3 is 6.18 Å². The number of hydrogen-bond donors (Lipinski definition) is 0. The number of alkyl halides is 3. The first-order chi connectivity index (χ1) is 17.2. The topological polar surface area (TPSA) is 45.9 Å². The fourth-order valence-electron chi connectivity index (χ4n) is 5.81. The monoisotopic (exact) mass is 501 g/mol. The van der Waals surface area contributed by atoms with Gasteiger partial charge in [-0.1, -0.05) is 26.0 Å². The van der Waals surface area contributed by atoms with Crippen molar-refractivity contribution in [2.45, 2.75) is 46.3 Å². The molecule has 0 radical (unpaired) electrons. The molecular weight excluding hydrogens is 467 g/mol. The summed E-state index contributed by atoms with van der Waals surface area (Å²) in [6, 6.07) is 4.46. The van der Waals surface area contributed by atoms with Crippen LogP contribution in [-0.4, -0.2) is 58.7 Å². The van der Waals surface area contributed by atoms with Gasteiger partial charge in [-0.15, -0.1) is 0 Å². The molecular formula is C27H34F3N5O. The number of fused-ring (bicyclic) bond motifs is 1. The second kappa shape index (κ2) is 10.0. The standard InChI is InChI=1S/C27H34F3N5O/c1-18-11-19(2)15-33(14-18)16-23-24(12-21-5-4-6-22(20(21)3)27(28,29)30)35-17-26(31-13-25(35)32-23)34-7-9-36-10-8-34/h4-6,13,17-19H,7-12,14-16H2,1-3H3/t18-,19+. The van der Waals surface area contributed by atoms with E-state index >= 15 is 0 Å². The summed E-state index contributed by atoms with van der Waals surface area (Å²) in [5, 5.41) is 0. The minimum Gasteiger partial charge on any atom is -0.378 e. The van der Waals surface area contributed by atoms with E-state index in [9.17, 15) is 13.2 Å². The summed E-state index contributed by atoms with van der Waals surface area (Å²) in [5.74, 6) is 2.04. The van der Waals surface area contributed by atoms with Crippen LogP contribution < -0.4 is 4.90 Å². The van der Waals surface area contributed by atoms with E-state index < -0.39 is 11.7 Å².